The van der Waals surface area contributed by atoms with Crippen LogP contribution in [0.1, 0.15) is 0 Å². The van der Waals surface area contributed by atoms with Crippen molar-refractivity contribution >= 4 is 143 Å². The molecule has 0 aliphatic carbocycles. The van der Waals surface area contributed by atoms with Crippen molar-refractivity contribution in [1.82, 2.24) is 0 Å². The Bertz CT molecular complexity index is 4430. The molecule has 16 rings (SSSR count). The van der Waals surface area contributed by atoms with Crippen molar-refractivity contribution in [2.75, 3.05) is 0 Å². The maximum atomic E-state index is 2.55. The standard InChI is InChI=1S/C64H36B2/c1-2-15-40-34-52-43(32-39(40)14-1)18-11-23-55(52)65-56-30-26-44-36-54-51-29-25-38-13-4-8-20-47(38)64(51)66(62-48-21-9-5-16-41(48)33-42-17-6-10-22-49(42)62)57-31-27-45-35-53(60(56)58(44)59(45)61(54)57)50-28-24-37-12-3-7-19-46(37)63(50)65/h1-36H. The van der Waals surface area contributed by atoms with E-state index in [1.54, 1.807) is 0 Å². The van der Waals surface area contributed by atoms with Gasteiger partial charge in [0.1, 0.15) is 0 Å². The van der Waals surface area contributed by atoms with E-state index >= 15 is 0 Å². The molecule has 0 atom stereocenters. The van der Waals surface area contributed by atoms with Crippen molar-refractivity contribution in [3.63, 3.8) is 0 Å². The first kappa shape index (κ1) is 35.2. The van der Waals surface area contributed by atoms with Gasteiger partial charge in [0.15, 0.2) is 0 Å². The first-order valence-corrected chi connectivity index (χ1v) is 23.4. The molecule has 2 aliphatic heterocycles. The van der Waals surface area contributed by atoms with Crippen molar-refractivity contribution < 1.29 is 0 Å². The van der Waals surface area contributed by atoms with Crippen LogP contribution in [0.25, 0.3) is 119 Å². The molecule has 0 unspecified atom stereocenters. The van der Waals surface area contributed by atoms with Crippen molar-refractivity contribution in [3.05, 3.63) is 218 Å². The summed E-state index contributed by atoms with van der Waals surface area (Å²) in [5, 5.41) is 23.8. The third-order valence-electron chi connectivity index (χ3n) is 15.8. The first-order chi connectivity index (χ1) is 32.7. The SMILES string of the molecule is c1ccc2cc3c(B4c5c(ccc6ccccc56)-c5cc6ccc7c8c(cc9ccc4c5c9c68)-c4ccc5ccccc5c4B7c4c5ccccc5cc5ccccc45)cccc3cc2c1. The zero-order chi connectivity index (χ0) is 42.8. The predicted octanol–water partition coefficient (Wildman–Crippen LogP) is 12.5. The van der Waals surface area contributed by atoms with Crippen LogP contribution in [0.2, 0.25) is 0 Å². The Morgan fingerprint density at radius 1 is 0.197 bits per heavy atom. The highest BCUT2D eigenvalue weighted by Crippen LogP contribution is 2.46. The van der Waals surface area contributed by atoms with E-state index in [2.05, 4.69) is 218 Å². The second-order valence-electron chi connectivity index (χ2n) is 19.0. The first-order valence-electron chi connectivity index (χ1n) is 23.4. The summed E-state index contributed by atoms with van der Waals surface area (Å²) in [5.41, 5.74) is 13.7. The Labute approximate surface area is 381 Å². The Hall–Kier alpha value is -8.19. The van der Waals surface area contributed by atoms with Crippen LogP contribution in [0.4, 0.5) is 0 Å². The summed E-state index contributed by atoms with van der Waals surface area (Å²) in [7, 11) is 0. The molecule has 2 aliphatic rings. The molecule has 0 bridgehead atoms. The van der Waals surface area contributed by atoms with Crippen LogP contribution in [0, 0.1) is 0 Å². The van der Waals surface area contributed by atoms with Gasteiger partial charge in [-0.25, -0.2) is 0 Å². The van der Waals surface area contributed by atoms with Gasteiger partial charge < -0.3 is 0 Å². The van der Waals surface area contributed by atoms with Gasteiger partial charge in [-0.3, -0.25) is 0 Å². The summed E-state index contributed by atoms with van der Waals surface area (Å²) < 4.78 is 0. The van der Waals surface area contributed by atoms with Crippen molar-refractivity contribution in [2.45, 2.75) is 0 Å². The monoisotopic (exact) mass is 826 g/mol. The van der Waals surface area contributed by atoms with Crippen molar-refractivity contribution in [1.29, 1.82) is 0 Å². The van der Waals surface area contributed by atoms with E-state index in [0.29, 0.717) is 0 Å². The predicted molar refractivity (Wildman–Crippen MR) is 288 cm³/mol. The Morgan fingerprint density at radius 2 is 0.606 bits per heavy atom. The lowest BCUT2D eigenvalue weighted by Crippen LogP contribution is -2.56. The molecule has 66 heavy (non-hydrogen) atoms. The average molecular weight is 827 g/mol. The minimum atomic E-state index is 0.0105. The number of fused-ring (bicyclic) bond motifs is 12. The molecule has 0 radical (unpaired) electrons. The second-order valence-corrected chi connectivity index (χ2v) is 19.0. The third-order valence-corrected chi connectivity index (χ3v) is 15.8. The van der Waals surface area contributed by atoms with E-state index in [-0.39, 0.29) is 13.4 Å². The zero-order valence-corrected chi connectivity index (χ0v) is 35.9. The van der Waals surface area contributed by atoms with Gasteiger partial charge in [0.2, 0.25) is 13.4 Å². The molecule has 0 nitrogen and oxygen atoms in total. The molecule has 0 saturated carbocycles. The van der Waals surface area contributed by atoms with Crippen LogP contribution in [-0.4, -0.2) is 13.4 Å². The Balaban J connectivity index is 1.07. The molecule has 0 N–H and O–H groups in total. The fourth-order valence-electron chi connectivity index (χ4n) is 13.2. The lowest BCUT2D eigenvalue weighted by Gasteiger charge is -2.34. The van der Waals surface area contributed by atoms with Crippen LogP contribution in [0.15, 0.2) is 218 Å². The van der Waals surface area contributed by atoms with E-state index in [0.717, 1.165) is 0 Å². The molecule has 0 aromatic heterocycles. The van der Waals surface area contributed by atoms with E-state index in [4.69, 9.17) is 0 Å². The van der Waals surface area contributed by atoms with Gasteiger partial charge >= 0.3 is 0 Å². The van der Waals surface area contributed by atoms with Gasteiger partial charge in [-0.05, 0) is 150 Å². The minimum absolute atomic E-state index is 0.0105. The fraction of sp³-hybridized carbons (Fsp3) is 0. The van der Waals surface area contributed by atoms with Crippen LogP contribution in [0.5, 0.6) is 0 Å². The summed E-state index contributed by atoms with van der Waals surface area (Å²) in [6, 6.07) is 83.8. The Morgan fingerprint density at radius 3 is 1.18 bits per heavy atom. The van der Waals surface area contributed by atoms with Crippen molar-refractivity contribution in [2.24, 2.45) is 0 Å². The molecule has 298 valence electrons. The van der Waals surface area contributed by atoms with E-state index in [1.807, 2.05) is 0 Å². The van der Waals surface area contributed by atoms with E-state index in [1.165, 1.54) is 152 Å². The van der Waals surface area contributed by atoms with Gasteiger partial charge in [0, 0.05) is 0 Å². The van der Waals surface area contributed by atoms with Crippen LogP contribution < -0.4 is 32.8 Å². The normalized spacial score (nSPS) is 13.1. The molecule has 0 amide bonds. The lowest BCUT2D eigenvalue weighted by atomic mass is 9.32. The zero-order valence-electron chi connectivity index (χ0n) is 35.9. The topological polar surface area (TPSA) is 0 Å². The van der Waals surface area contributed by atoms with Crippen LogP contribution in [-0.2, 0) is 0 Å². The molecule has 14 aromatic rings. The average Bonchev–Trinajstić information content (AvgIpc) is 3.37. The highest BCUT2D eigenvalue weighted by Gasteiger charge is 2.39. The molecule has 2 heteroatoms. The highest BCUT2D eigenvalue weighted by molar-refractivity contribution is 7.03. The molecule has 0 saturated heterocycles. The van der Waals surface area contributed by atoms with Gasteiger partial charge in [0.05, 0.1) is 0 Å². The molecule has 0 spiro atoms. The summed E-state index contributed by atoms with van der Waals surface area (Å²) in [6.07, 6.45) is 0. The third kappa shape index (κ3) is 4.51. The summed E-state index contributed by atoms with van der Waals surface area (Å²) in [6.45, 7) is 0.0399. The smallest absolute Gasteiger partial charge is 0.0663 e. The second kappa shape index (κ2) is 12.7. The summed E-state index contributed by atoms with van der Waals surface area (Å²) in [5.74, 6) is 0. The van der Waals surface area contributed by atoms with Crippen molar-refractivity contribution in [3.8, 4) is 22.3 Å². The maximum absolute atomic E-state index is 2.55. The molecule has 0 fully saturated rings. The van der Waals surface area contributed by atoms with Gasteiger partial charge in [0.25, 0.3) is 0 Å². The van der Waals surface area contributed by atoms with E-state index in [9.17, 15) is 0 Å². The fourth-order valence-corrected chi connectivity index (χ4v) is 13.2. The quantitative estimate of drug-likeness (QED) is 0.0925. The van der Waals surface area contributed by atoms with Gasteiger partial charge in [-0.2, -0.15) is 0 Å². The number of hydrogen-bond acceptors (Lipinski definition) is 0. The van der Waals surface area contributed by atoms with Gasteiger partial charge in [-0.15, -0.1) is 0 Å². The van der Waals surface area contributed by atoms with E-state index < -0.39 is 0 Å². The van der Waals surface area contributed by atoms with Gasteiger partial charge in [-0.1, -0.05) is 221 Å². The molecular formula is C64H36B2. The highest BCUT2D eigenvalue weighted by atomic mass is 14.3. The lowest BCUT2D eigenvalue weighted by molar-refractivity contribution is 1.69. The summed E-state index contributed by atoms with van der Waals surface area (Å²) >= 11 is 0. The summed E-state index contributed by atoms with van der Waals surface area (Å²) in [4.78, 5) is 0. The molecule has 2 heterocycles. The molecule has 14 aromatic carbocycles. The minimum Gasteiger partial charge on any atom is -0.0663 e. The largest absolute Gasteiger partial charge is 0.245 e. The number of rotatable bonds is 2. The maximum Gasteiger partial charge on any atom is 0.245 e. The van der Waals surface area contributed by atoms with Crippen LogP contribution in [0.3, 0.4) is 0 Å². The number of hydrogen-bond donors (Lipinski definition) is 0. The molecular weight excluding hydrogens is 790 g/mol. The number of benzene rings is 14. The Kier molecular flexibility index (Phi) is 6.80. The van der Waals surface area contributed by atoms with Crippen LogP contribution >= 0.6 is 0 Å².